The first-order valence-corrected chi connectivity index (χ1v) is 8.27. The highest BCUT2D eigenvalue weighted by Crippen LogP contribution is 2.45. The average Bonchev–Trinajstić information content (AvgIpc) is 3.20. The summed E-state index contributed by atoms with van der Waals surface area (Å²) in [5.41, 5.74) is -0.00254. The number of thiophene rings is 1. The van der Waals surface area contributed by atoms with Crippen molar-refractivity contribution >= 4 is 23.3 Å². The molecule has 0 radical (unpaired) electrons. The Morgan fingerprint density at radius 2 is 1.86 bits per heavy atom. The van der Waals surface area contributed by atoms with Crippen molar-refractivity contribution in [3.63, 3.8) is 0 Å². The van der Waals surface area contributed by atoms with Crippen molar-refractivity contribution in [2.45, 2.75) is 38.5 Å². The predicted octanol–water partition coefficient (Wildman–Crippen LogP) is 3.20. The van der Waals surface area contributed by atoms with Gasteiger partial charge in [0.15, 0.2) is 5.41 Å². The Balaban J connectivity index is 2.29. The number of aryl methyl sites for hydroxylation is 1. The smallest absolute Gasteiger partial charge is 0.323 e. The van der Waals surface area contributed by atoms with E-state index >= 15 is 0 Å². The lowest BCUT2D eigenvalue weighted by atomic mass is 9.70. The van der Waals surface area contributed by atoms with Gasteiger partial charge < -0.3 is 9.47 Å². The molecule has 0 atom stereocenters. The standard InChI is InChI=1S/C16H22O4S/c1-19-14(17)16(15(18)20-2,13-5-3-4-6-13)9-7-12-8-10-21-11-12/h8,10-11,13H,3-7,9H2,1-2H3. The van der Waals surface area contributed by atoms with Gasteiger partial charge in [0.2, 0.25) is 0 Å². The lowest BCUT2D eigenvalue weighted by Gasteiger charge is -2.33. The molecule has 0 aliphatic heterocycles. The maximum Gasteiger partial charge on any atom is 0.323 e. The maximum atomic E-state index is 12.5. The van der Waals surface area contributed by atoms with E-state index in [9.17, 15) is 9.59 Å². The molecule has 21 heavy (non-hydrogen) atoms. The first kappa shape index (κ1) is 16.0. The number of hydrogen-bond acceptors (Lipinski definition) is 5. The van der Waals surface area contributed by atoms with E-state index in [-0.39, 0.29) is 5.92 Å². The van der Waals surface area contributed by atoms with Crippen molar-refractivity contribution in [1.29, 1.82) is 0 Å². The molecule has 1 aliphatic rings. The van der Waals surface area contributed by atoms with Crippen LogP contribution in [0.25, 0.3) is 0 Å². The van der Waals surface area contributed by atoms with E-state index in [1.54, 1.807) is 11.3 Å². The van der Waals surface area contributed by atoms with Gasteiger partial charge in [-0.3, -0.25) is 9.59 Å². The molecule has 1 saturated carbocycles. The van der Waals surface area contributed by atoms with Crippen LogP contribution in [0.4, 0.5) is 0 Å². The van der Waals surface area contributed by atoms with Crippen LogP contribution >= 0.6 is 11.3 Å². The third-order valence-corrected chi connectivity index (χ3v) is 5.27. The molecule has 1 aliphatic carbocycles. The summed E-state index contributed by atoms with van der Waals surface area (Å²) in [7, 11) is 2.69. The summed E-state index contributed by atoms with van der Waals surface area (Å²) in [6.07, 6.45) is 5.01. The molecule has 1 heterocycles. The number of esters is 2. The minimum Gasteiger partial charge on any atom is -0.468 e. The SMILES string of the molecule is COC(=O)C(CCc1ccsc1)(C(=O)OC)C1CCCC1. The topological polar surface area (TPSA) is 52.6 Å². The molecule has 1 aromatic heterocycles. The van der Waals surface area contributed by atoms with E-state index in [0.717, 1.165) is 31.2 Å². The molecule has 0 aromatic carbocycles. The summed E-state index contributed by atoms with van der Waals surface area (Å²) in [4.78, 5) is 24.9. The Bertz CT molecular complexity index is 458. The first-order valence-electron chi connectivity index (χ1n) is 7.33. The summed E-state index contributed by atoms with van der Waals surface area (Å²) < 4.78 is 9.97. The van der Waals surface area contributed by atoms with Crippen molar-refractivity contribution in [2.75, 3.05) is 14.2 Å². The Morgan fingerprint density at radius 3 is 2.33 bits per heavy atom. The summed E-state index contributed by atoms with van der Waals surface area (Å²) in [6.45, 7) is 0. The van der Waals surface area contributed by atoms with Crippen LogP contribution in [0.3, 0.4) is 0 Å². The maximum absolute atomic E-state index is 12.5. The number of methoxy groups -OCH3 is 2. The van der Waals surface area contributed by atoms with Gasteiger partial charge in [-0.05, 0) is 54.0 Å². The highest BCUT2D eigenvalue weighted by molar-refractivity contribution is 7.07. The van der Waals surface area contributed by atoms with Crippen molar-refractivity contribution < 1.29 is 19.1 Å². The molecular weight excluding hydrogens is 288 g/mol. The minimum absolute atomic E-state index is 0.0241. The zero-order chi connectivity index (χ0) is 15.3. The van der Waals surface area contributed by atoms with Gasteiger partial charge in [0.05, 0.1) is 14.2 Å². The number of carbonyl (C=O) groups is 2. The number of hydrogen-bond donors (Lipinski definition) is 0. The van der Waals surface area contributed by atoms with Gasteiger partial charge in [-0.25, -0.2) is 0 Å². The van der Waals surface area contributed by atoms with Crippen LogP contribution < -0.4 is 0 Å². The predicted molar refractivity (Wildman–Crippen MR) is 81.1 cm³/mol. The van der Waals surface area contributed by atoms with Crippen molar-refractivity contribution in [3.8, 4) is 0 Å². The minimum atomic E-state index is -1.15. The van der Waals surface area contributed by atoms with E-state index in [1.807, 2.05) is 16.8 Å². The van der Waals surface area contributed by atoms with Gasteiger partial charge in [-0.2, -0.15) is 11.3 Å². The normalized spacial score (nSPS) is 15.9. The fourth-order valence-corrected chi connectivity index (χ4v) is 4.09. The van der Waals surface area contributed by atoms with Gasteiger partial charge in [0, 0.05) is 0 Å². The van der Waals surface area contributed by atoms with Crippen LogP contribution in [0.15, 0.2) is 16.8 Å². The molecule has 1 fully saturated rings. The van der Waals surface area contributed by atoms with Crippen molar-refractivity contribution in [2.24, 2.45) is 11.3 Å². The number of ether oxygens (including phenoxy) is 2. The molecule has 1 aromatic rings. The third kappa shape index (κ3) is 3.12. The summed E-state index contributed by atoms with van der Waals surface area (Å²) in [6, 6.07) is 2.03. The second kappa shape index (κ2) is 7.07. The number of rotatable bonds is 6. The van der Waals surface area contributed by atoms with Crippen LogP contribution in [0, 0.1) is 11.3 Å². The third-order valence-electron chi connectivity index (χ3n) is 4.54. The van der Waals surface area contributed by atoms with E-state index in [4.69, 9.17) is 9.47 Å². The van der Waals surface area contributed by atoms with Crippen LogP contribution in [0.2, 0.25) is 0 Å². The van der Waals surface area contributed by atoms with Crippen molar-refractivity contribution in [3.05, 3.63) is 22.4 Å². The lowest BCUT2D eigenvalue weighted by Crippen LogP contribution is -2.47. The van der Waals surface area contributed by atoms with Crippen LogP contribution in [0.5, 0.6) is 0 Å². The van der Waals surface area contributed by atoms with E-state index in [2.05, 4.69) is 0 Å². The average molecular weight is 310 g/mol. The van der Waals surface area contributed by atoms with Gasteiger partial charge in [-0.15, -0.1) is 0 Å². The zero-order valence-electron chi connectivity index (χ0n) is 12.6. The molecule has 4 nitrogen and oxygen atoms in total. The molecule has 0 N–H and O–H groups in total. The van der Waals surface area contributed by atoms with Gasteiger partial charge >= 0.3 is 11.9 Å². The van der Waals surface area contributed by atoms with Gasteiger partial charge in [0.1, 0.15) is 0 Å². The van der Waals surface area contributed by atoms with Gasteiger partial charge in [0.25, 0.3) is 0 Å². The molecule has 5 heteroatoms. The Morgan fingerprint density at radius 1 is 1.24 bits per heavy atom. The first-order chi connectivity index (χ1) is 10.1. The molecule has 0 amide bonds. The van der Waals surface area contributed by atoms with E-state index in [1.165, 1.54) is 14.2 Å². The van der Waals surface area contributed by atoms with E-state index in [0.29, 0.717) is 12.8 Å². The Labute approximate surface area is 129 Å². The van der Waals surface area contributed by atoms with Crippen LogP contribution in [-0.2, 0) is 25.5 Å². The van der Waals surface area contributed by atoms with Crippen LogP contribution in [-0.4, -0.2) is 26.2 Å². The molecule has 0 spiro atoms. The fourth-order valence-electron chi connectivity index (χ4n) is 3.38. The second-order valence-electron chi connectivity index (χ2n) is 5.57. The summed E-state index contributed by atoms with van der Waals surface area (Å²) in [5.74, 6) is -0.871. The second-order valence-corrected chi connectivity index (χ2v) is 6.35. The van der Waals surface area contributed by atoms with Gasteiger partial charge in [-0.1, -0.05) is 12.8 Å². The largest absolute Gasteiger partial charge is 0.468 e. The molecule has 0 saturated heterocycles. The lowest BCUT2D eigenvalue weighted by molar-refractivity contribution is -0.174. The molecule has 0 unspecified atom stereocenters. The fraction of sp³-hybridized carbons (Fsp3) is 0.625. The van der Waals surface area contributed by atoms with E-state index < -0.39 is 17.4 Å². The highest BCUT2D eigenvalue weighted by Gasteiger charge is 2.54. The van der Waals surface area contributed by atoms with Crippen LogP contribution in [0.1, 0.15) is 37.7 Å². The zero-order valence-corrected chi connectivity index (χ0v) is 13.4. The Kier molecular flexibility index (Phi) is 5.39. The van der Waals surface area contributed by atoms with Crippen molar-refractivity contribution in [1.82, 2.24) is 0 Å². The monoisotopic (exact) mass is 310 g/mol. The summed E-state index contributed by atoms with van der Waals surface area (Å²) >= 11 is 1.62. The summed E-state index contributed by atoms with van der Waals surface area (Å²) in [5, 5.41) is 4.05. The Hall–Kier alpha value is -1.36. The molecule has 116 valence electrons. The quantitative estimate of drug-likeness (QED) is 0.598. The highest BCUT2D eigenvalue weighted by atomic mass is 32.1. The molecule has 0 bridgehead atoms. The molecule has 2 rings (SSSR count). The number of carbonyl (C=O) groups excluding carboxylic acids is 2. The molecular formula is C16H22O4S.